The van der Waals surface area contributed by atoms with E-state index >= 15 is 0 Å². The fraction of sp³-hybridized carbons (Fsp3) is 0.583. The van der Waals surface area contributed by atoms with Crippen LogP contribution >= 0.6 is 11.8 Å². The van der Waals surface area contributed by atoms with Gasteiger partial charge < -0.3 is 15.0 Å². The van der Waals surface area contributed by atoms with E-state index in [0.29, 0.717) is 16.6 Å². The van der Waals surface area contributed by atoms with Crippen molar-refractivity contribution in [2.75, 3.05) is 19.4 Å². The van der Waals surface area contributed by atoms with Crippen LogP contribution in [0.5, 0.6) is 0 Å². The molecule has 106 valence electrons. The monoisotopic (exact) mass is 285 g/mol. The summed E-state index contributed by atoms with van der Waals surface area (Å²) in [6.45, 7) is 4.51. The van der Waals surface area contributed by atoms with E-state index in [1.165, 1.54) is 24.9 Å². The lowest BCUT2D eigenvalue weighted by molar-refractivity contribution is -0.142. The Morgan fingerprint density at radius 2 is 2.37 bits per heavy atom. The first-order chi connectivity index (χ1) is 9.06. The van der Waals surface area contributed by atoms with Gasteiger partial charge in [-0.25, -0.2) is 4.98 Å². The van der Waals surface area contributed by atoms with Crippen molar-refractivity contribution >= 4 is 17.7 Å². The van der Waals surface area contributed by atoms with Gasteiger partial charge in [-0.15, -0.1) is 0 Å². The molecule has 0 fully saturated rings. The van der Waals surface area contributed by atoms with Gasteiger partial charge >= 0.3 is 5.97 Å². The molecule has 1 aromatic heterocycles. The van der Waals surface area contributed by atoms with E-state index < -0.39 is 6.04 Å². The Bertz CT molecular complexity index is 476. The van der Waals surface area contributed by atoms with E-state index in [-0.39, 0.29) is 11.5 Å². The van der Waals surface area contributed by atoms with Crippen LogP contribution in [0.3, 0.4) is 0 Å². The van der Waals surface area contributed by atoms with Crippen LogP contribution in [0.2, 0.25) is 0 Å². The van der Waals surface area contributed by atoms with Gasteiger partial charge in [-0.1, -0.05) is 18.7 Å². The largest absolute Gasteiger partial charge is 0.468 e. The van der Waals surface area contributed by atoms with Crippen LogP contribution in [0.1, 0.15) is 19.0 Å². The van der Waals surface area contributed by atoms with Crippen molar-refractivity contribution in [1.29, 1.82) is 0 Å². The number of nitrogens with one attached hydrogen (secondary N) is 2. The fourth-order valence-electron chi connectivity index (χ4n) is 1.45. The quantitative estimate of drug-likeness (QED) is 0.436. The van der Waals surface area contributed by atoms with E-state index in [4.69, 9.17) is 4.74 Å². The van der Waals surface area contributed by atoms with Gasteiger partial charge in [0, 0.05) is 17.5 Å². The average molecular weight is 285 g/mol. The van der Waals surface area contributed by atoms with Crippen molar-refractivity contribution in [3.63, 3.8) is 0 Å². The van der Waals surface area contributed by atoms with Crippen molar-refractivity contribution in [3.8, 4) is 0 Å². The SMILES string of the molecule is CCCNC(CSc1nc(C)cc(=O)[nH]1)C(=O)OC. The highest BCUT2D eigenvalue weighted by Crippen LogP contribution is 2.13. The van der Waals surface area contributed by atoms with Crippen molar-refractivity contribution < 1.29 is 9.53 Å². The molecule has 0 aliphatic heterocycles. The Hall–Kier alpha value is -1.34. The number of aromatic nitrogens is 2. The first-order valence-corrected chi connectivity index (χ1v) is 7.07. The third-order valence-corrected chi connectivity index (χ3v) is 3.33. The normalized spacial score (nSPS) is 12.2. The molecule has 7 heteroatoms. The van der Waals surface area contributed by atoms with E-state index in [0.717, 1.165) is 13.0 Å². The summed E-state index contributed by atoms with van der Waals surface area (Å²) in [5.41, 5.74) is 0.466. The molecule has 0 saturated heterocycles. The molecule has 1 heterocycles. The van der Waals surface area contributed by atoms with Gasteiger partial charge in [0.25, 0.3) is 5.56 Å². The summed E-state index contributed by atoms with van der Waals surface area (Å²) in [5, 5.41) is 3.62. The smallest absolute Gasteiger partial charge is 0.323 e. The van der Waals surface area contributed by atoms with Crippen molar-refractivity contribution in [1.82, 2.24) is 15.3 Å². The molecule has 0 saturated carbocycles. The minimum atomic E-state index is -0.402. The number of hydrogen-bond donors (Lipinski definition) is 2. The van der Waals surface area contributed by atoms with Crippen LogP contribution in [0.15, 0.2) is 16.0 Å². The molecule has 0 aliphatic carbocycles. The molecule has 1 unspecified atom stereocenters. The van der Waals surface area contributed by atoms with Crippen molar-refractivity contribution in [2.45, 2.75) is 31.5 Å². The van der Waals surface area contributed by atoms with Gasteiger partial charge in [0.05, 0.1) is 7.11 Å². The van der Waals surface area contributed by atoms with Crippen molar-refractivity contribution in [3.05, 3.63) is 22.1 Å². The highest BCUT2D eigenvalue weighted by atomic mass is 32.2. The minimum absolute atomic E-state index is 0.189. The number of ether oxygens (including phenoxy) is 1. The summed E-state index contributed by atoms with van der Waals surface area (Å²) in [6, 6.07) is 1.03. The number of carbonyl (C=O) groups is 1. The number of thioether (sulfide) groups is 1. The number of H-pyrrole nitrogens is 1. The maximum atomic E-state index is 11.6. The summed E-state index contributed by atoms with van der Waals surface area (Å²) in [5.74, 6) is 0.148. The highest BCUT2D eigenvalue weighted by Gasteiger charge is 2.18. The van der Waals surface area contributed by atoms with Crippen LogP contribution < -0.4 is 10.9 Å². The second-order valence-corrected chi connectivity index (χ2v) is 5.04. The number of rotatable bonds is 7. The Labute approximate surface area is 116 Å². The maximum Gasteiger partial charge on any atom is 0.323 e. The number of carbonyl (C=O) groups excluding carboxylic acids is 1. The lowest BCUT2D eigenvalue weighted by Gasteiger charge is -2.15. The summed E-state index contributed by atoms with van der Waals surface area (Å²) >= 11 is 1.32. The molecule has 6 nitrogen and oxygen atoms in total. The van der Waals surface area contributed by atoms with Gasteiger partial charge in [0.1, 0.15) is 6.04 Å². The molecule has 1 rings (SSSR count). The van der Waals surface area contributed by atoms with Crippen LogP contribution in [0.4, 0.5) is 0 Å². The standard InChI is InChI=1S/C12H19N3O3S/c1-4-5-13-9(11(17)18-3)7-19-12-14-8(2)6-10(16)15-12/h6,9,13H,4-5,7H2,1-3H3,(H,14,15,16). The van der Waals surface area contributed by atoms with Crippen LogP contribution in [-0.2, 0) is 9.53 Å². The number of methoxy groups -OCH3 is 1. The molecule has 0 spiro atoms. The van der Waals surface area contributed by atoms with Gasteiger partial charge in [-0.05, 0) is 19.9 Å². The van der Waals surface area contributed by atoms with Gasteiger partial charge in [-0.3, -0.25) is 9.59 Å². The summed E-state index contributed by atoms with van der Waals surface area (Å²) in [6.07, 6.45) is 0.928. The predicted octanol–water partition coefficient (Wildman–Crippen LogP) is 0.712. The van der Waals surface area contributed by atoms with E-state index in [2.05, 4.69) is 15.3 Å². The zero-order valence-electron chi connectivity index (χ0n) is 11.4. The van der Waals surface area contributed by atoms with Crippen molar-refractivity contribution in [2.24, 2.45) is 0 Å². The van der Waals surface area contributed by atoms with Gasteiger partial charge in [0.2, 0.25) is 0 Å². The molecule has 0 amide bonds. The second kappa shape index (κ2) is 7.96. The first-order valence-electron chi connectivity index (χ1n) is 6.08. The number of aryl methyl sites for hydroxylation is 1. The zero-order valence-corrected chi connectivity index (χ0v) is 12.2. The third kappa shape index (κ3) is 5.44. The second-order valence-electron chi connectivity index (χ2n) is 4.03. The Morgan fingerprint density at radius 1 is 1.63 bits per heavy atom. The molecule has 1 aromatic rings. The molecule has 0 aliphatic rings. The predicted molar refractivity (Wildman–Crippen MR) is 74.4 cm³/mol. The number of hydrogen-bond acceptors (Lipinski definition) is 6. The number of esters is 1. The van der Waals surface area contributed by atoms with Gasteiger partial charge in [0.15, 0.2) is 5.16 Å². The molecule has 0 aromatic carbocycles. The van der Waals surface area contributed by atoms with E-state index in [1.54, 1.807) is 6.92 Å². The average Bonchev–Trinajstić information content (AvgIpc) is 2.37. The maximum absolute atomic E-state index is 11.6. The van der Waals surface area contributed by atoms with E-state index in [1.807, 2.05) is 6.92 Å². The molecular formula is C12H19N3O3S. The van der Waals surface area contributed by atoms with Crippen LogP contribution in [0, 0.1) is 6.92 Å². The Balaban J connectivity index is 2.64. The number of nitrogens with zero attached hydrogens (tertiary/aromatic N) is 1. The molecule has 0 bridgehead atoms. The Kier molecular flexibility index (Phi) is 6.58. The molecule has 19 heavy (non-hydrogen) atoms. The van der Waals surface area contributed by atoms with E-state index in [9.17, 15) is 9.59 Å². The molecule has 0 radical (unpaired) electrons. The molecular weight excluding hydrogens is 266 g/mol. The third-order valence-electron chi connectivity index (χ3n) is 2.36. The summed E-state index contributed by atoms with van der Waals surface area (Å²) in [4.78, 5) is 29.7. The zero-order chi connectivity index (χ0) is 14.3. The lowest BCUT2D eigenvalue weighted by Crippen LogP contribution is -2.40. The minimum Gasteiger partial charge on any atom is -0.468 e. The van der Waals surface area contributed by atoms with Crippen LogP contribution in [0.25, 0.3) is 0 Å². The summed E-state index contributed by atoms with van der Waals surface area (Å²) in [7, 11) is 1.36. The highest BCUT2D eigenvalue weighted by molar-refractivity contribution is 7.99. The number of aromatic amines is 1. The molecule has 2 N–H and O–H groups in total. The van der Waals surface area contributed by atoms with Crippen LogP contribution in [-0.4, -0.2) is 41.4 Å². The summed E-state index contributed by atoms with van der Waals surface area (Å²) < 4.78 is 4.74. The van der Waals surface area contributed by atoms with Gasteiger partial charge in [-0.2, -0.15) is 0 Å². The lowest BCUT2D eigenvalue weighted by atomic mass is 10.3. The first kappa shape index (κ1) is 15.7. The topological polar surface area (TPSA) is 84.1 Å². The fourth-order valence-corrected chi connectivity index (χ4v) is 2.41. The Morgan fingerprint density at radius 3 is 2.95 bits per heavy atom. The molecule has 1 atom stereocenters.